The van der Waals surface area contributed by atoms with Crippen molar-refractivity contribution in [2.45, 2.75) is 6.92 Å². The molecule has 1 aromatic heterocycles. The van der Waals surface area contributed by atoms with Crippen molar-refractivity contribution in [3.8, 4) is 0 Å². The number of amides is 1. The topological polar surface area (TPSA) is 84.0 Å². The number of halogens is 1. The highest BCUT2D eigenvalue weighted by atomic mass is 35.5. The SMILES string of the molecule is Cc1ccc(Cl)cc1NC(=O)c1cc(=O)n(C)c(=O)[nH]1. The van der Waals surface area contributed by atoms with E-state index >= 15 is 0 Å². The third-order valence-electron chi connectivity index (χ3n) is 2.84. The van der Waals surface area contributed by atoms with Crippen LogP contribution in [-0.2, 0) is 7.05 Å². The molecule has 20 heavy (non-hydrogen) atoms. The first-order valence-electron chi connectivity index (χ1n) is 5.76. The second kappa shape index (κ2) is 5.34. The second-order valence-electron chi connectivity index (χ2n) is 4.30. The molecule has 0 aliphatic carbocycles. The van der Waals surface area contributed by atoms with Gasteiger partial charge in [-0.1, -0.05) is 17.7 Å². The van der Waals surface area contributed by atoms with E-state index in [1.807, 2.05) is 0 Å². The highest BCUT2D eigenvalue weighted by Gasteiger charge is 2.11. The molecule has 0 unspecified atom stereocenters. The van der Waals surface area contributed by atoms with Crippen molar-refractivity contribution in [2.24, 2.45) is 7.05 Å². The van der Waals surface area contributed by atoms with Crippen LogP contribution in [0.1, 0.15) is 16.1 Å². The fourth-order valence-electron chi connectivity index (χ4n) is 1.60. The van der Waals surface area contributed by atoms with Crippen LogP contribution in [0.4, 0.5) is 5.69 Å². The maximum absolute atomic E-state index is 12.0. The first kappa shape index (κ1) is 14.1. The number of hydrogen-bond acceptors (Lipinski definition) is 3. The Hall–Kier alpha value is -2.34. The number of anilines is 1. The van der Waals surface area contributed by atoms with E-state index in [0.29, 0.717) is 10.7 Å². The minimum absolute atomic E-state index is 0.0996. The van der Waals surface area contributed by atoms with Crippen LogP contribution in [0.3, 0.4) is 0 Å². The third-order valence-corrected chi connectivity index (χ3v) is 3.07. The lowest BCUT2D eigenvalue weighted by Gasteiger charge is -2.08. The van der Waals surface area contributed by atoms with Gasteiger partial charge in [0.05, 0.1) is 0 Å². The smallest absolute Gasteiger partial charge is 0.320 e. The minimum atomic E-state index is -0.648. The molecule has 1 aromatic carbocycles. The van der Waals surface area contributed by atoms with Crippen LogP contribution in [-0.4, -0.2) is 15.5 Å². The van der Waals surface area contributed by atoms with Crippen LogP contribution in [0.25, 0.3) is 0 Å². The molecule has 6 nitrogen and oxygen atoms in total. The van der Waals surface area contributed by atoms with Gasteiger partial charge < -0.3 is 10.3 Å². The minimum Gasteiger partial charge on any atom is -0.320 e. The molecule has 0 saturated carbocycles. The molecule has 0 spiro atoms. The molecule has 1 amide bonds. The summed E-state index contributed by atoms with van der Waals surface area (Å²) in [7, 11) is 1.32. The van der Waals surface area contributed by atoms with Gasteiger partial charge in [-0.2, -0.15) is 0 Å². The van der Waals surface area contributed by atoms with Crippen molar-refractivity contribution in [1.29, 1.82) is 0 Å². The average Bonchev–Trinajstić information content (AvgIpc) is 2.39. The predicted octanol–water partition coefficient (Wildman–Crippen LogP) is 1.29. The first-order chi connectivity index (χ1) is 9.38. The van der Waals surface area contributed by atoms with E-state index in [4.69, 9.17) is 11.6 Å². The monoisotopic (exact) mass is 293 g/mol. The van der Waals surface area contributed by atoms with Crippen molar-refractivity contribution in [3.05, 3.63) is 61.4 Å². The van der Waals surface area contributed by atoms with E-state index in [1.54, 1.807) is 25.1 Å². The summed E-state index contributed by atoms with van der Waals surface area (Å²) >= 11 is 5.86. The lowest BCUT2D eigenvalue weighted by molar-refractivity contribution is 0.102. The summed E-state index contributed by atoms with van der Waals surface area (Å²) in [5.41, 5.74) is 0.0302. The first-order valence-corrected chi connectivity index (χ1v) is 6.14. The van der Waals surface area contributed by atoms with Crippen LogP contribution in [0.15, 0.2) is 33.9 Å². The lowest BCUT2D eigenvalue weighted by atomic mass is 10.2. The van der Waals surface area contributed by atoms with Gasteiger partial charge in [-0.05, 0) is 24.6 Å². The van der Waals surface area contributed by atoms with E-state index in [0.717, 1.165) is 16.2 Å². The third kappa shape index (κ3) is 2.80. The van der Waals surface area contributed by atoms with Gasteiger partial charge in [-0.3, -0.25) is 14.2 Å². The summed E-state index contributed by atoms with van der Waals surface area (Å²) in [6.07, 6.45) is 0. The molecular formula is C13H12ClN3O3. The molecule has 1 heterocycles. The molecule has 2 aromatic rings. The molecule has 104 valence electrons. The van der Waals surface area contributed by atoms with Crippen molar-refractivity contribution >= 4 is 23.2 Å². The van der Waals surface area contributed by atoms with E-state index < -0.39 is 17.2 Å². The lowest BCUT2D eigenvalue weighted by Crippen LogP contribution is -2.34. The van der Waals surface area contributed by atoms with Gasteiger partial charge >= 0.3 is 5.69 Å². The Kier molecular flexibility index (Phi) is 3.76. The summed E-state index contributed by atoms with van der Waals surface area (Å²) in [4.78, 5) is 37.3. The highest BCUT2D eigenvalue weighted by molar-refractivity contribution is 6.31. The Bertz CT molecular complexity index is 761. The fraction of sp³-hybridized carbons (Fsp3) is 0.154. The predicted molar refractivity (Wildman–Crippen MR) is 76.4 cm³/mol. The standard InChI is InChI=1S/C13H12ClN3O3/c1-7-3-4-8(14)5-9(7)15-12(19)10-6-11(18)17(2)13(20)16-10/h3-6H,1-2H3,(H,15,19)(H,16,20). The Morgan fingerprint density at radius 2 is 2.00 bits per heavy atom. The van der Waals surface area contributed by atoms with Gasteiger partial charge in [0.15, 0.2) is 0 Å². The molecule has 2 N–H and O–H groups in total. The van der Waals surface area contributed by atoms with Crippen molar-refractivity contribution in [2.75, 3.05) is 5.32 Å². The Morgan fingerprint density at radius 3 is 2.65 bits per heavy atom. The van der Waals surface area contributed by atoms with Crippen molar-refractivity contribution < 1.29 is 4.79 Å². The van der Waals surface area contributed by atoms with E-state index in [1.165, 1.54) is 7.05 Å². The van der Waals surface area contributed by atoms with Crippen molar-refractivity contribution in [3.63, 3.8) is 0 Å². The van der Waals surface area contributed by atoms with Gasteiger partial charge in [0.25, 0.3) is 11.5 Å². The van der Waals surface area contributed by atoms with Gasteiger partial charge in [-0.15, -0.1) is 0 Å². The average molecular weight is 294 g/mol. The summed E-state index contributed by atoms with van der Waals surface area (Å²) in [5, 5.41) is 3.07. The van der Waals surface area contributed by atoms with Gasteiger partial charge in [0, 0.05) is 23.8 Å². The molecule has 0 atom stereocenters. The number of rotatable bonds is 2. The molecule has 2 rings (SSSR count). The number of aromatic nitrogens is 2. The summed E-state index contributed by atoms with van der Waals surface area (Å²) in [6, 6.07) is 6.11. The van der Waals surface area contributed by atoms with Crippen LogP contribution < -0.4 is 16.6 Å². The number of carbonyl (C=O) groups is 1. The molecular weight excluding hydrogens is 282 g/mol. The normalized spacial score (nSPS) is 10.3. The summed E-state index contributed by atoms with van der Waals surface area (Å²) < 4.78 is 0.876. The number of aryl methyl sites for hydroxylation is 1. The number of benzene rings is 1. The number of aromatic amines is 1. The van der Waals surface area contributed by atoms with Crippen LogP contribution >= 0.6 is 11.6 Å². The Labute approximate surface area is 119 Å². The van der Waals surface area contributed by atoms with E-state index in [-0.39, 0.29) is 5.69 Å². The molecule has 0 saturated heterocycles. The zero-order valence-corrected chi connectivity index (χ0v) is 11.6. The van der Waals surface area contributed by atoms with E-state index in [2.05, 4.69) is 10.3 Å². The van der Waals surface area contributed by atoms with Crippen molar-refractivity contribution in [1.82, 2.24) is 9.55 Å². The van der Waals surface area contributed by atoms with Crippen LogP contribution in [0.5, 0.6) is 0 Å². The fourth-order valence-corrected chi connectivity index (χ4v) is 1.77. The van der Waals surface area contributed by atoms with Crippen LogP contribution in [0.2, 0.25) is 5.02 Å². The number of nitrogens with one attached hydrogen (secondary N) is 2. The molecule has 0 bridgehead atoms. The molecule has 0 fully saturated rings. The number of hydrogen-bond donors (Lipinski definition) is 2. The van der Waals surface area contributed by atoms with E-state index in [9.17, 15) is 14.4 Å². The van der Waals surface area contributed by atoms with Gasteiger partial charge in [0.1, 0.15) is 5.69 Å². The molecule has 7 heteroatoms. The number of nitrogens with zero attached hydrogens (tertiary/aromatic N) is 1. The number of carbonyl (C=O) groups excluding carboxylic acids is 1. The highest BCUT2D eigenvalue weighted by Crippen LogP contribution is 2.20. The Morgan fingerprint density at radius 1 is 1.30 bits per heavy atom. The quantitative estimate of drug-likeness (QED) is 0.875. The summed E-state index contributed by atoms with van der Waals surface area (Å²) in [5.74, 6) is -0.579. The zero-order chi connectivity index (χ0) is 14.9. The molecule has 0 aliphatic heterocycles. The largest absolute Gasteiger partial charge is 0.328 e. The number of H-pyrrole nitrogens is 1. The second-order valence-corrected chi connectivity index (χ2v) is 4.74. The summed E-state index contributed by atoms with van der Waals surface area (Å²) in [6.45, 7) is 1.80. The molecule has 0 aliphatic rings. The van der Waals surface area contributed by atoms with Gasteiger partial charge in [0.2, 0.25) is 0 Å². The van der Waals surface area contributed by atoms with Crippen LogP contribution in [0, 0.1) is 6.92 Å². The van der Waals surface area contributed by atoms with Gasteiger partial charge in [-0.25, -0.2) is 4.79 Å². The molecule has 0 radical (unpaired) electrons. The maximum atomic E-state index is 12.0. The maximum Gasteiger partial charge on any atom is 0.328 e. The zero-order valence-electron chi connectivity index (χ0n) is 10.9. The Balaban J connectivity index is 2.36.